The maximum Gasteiger partial charge on any atom is 0.226 e. The van der Waals surface area contributed by atoms with E-state index in [2.05, 4.69) is 10.1 Å². The van der Waals surface area contributed by atoms with E-state index in [0.29, 0.717) is 11.7 Å². The summed E-state index contributed by atoms with van der Waals surface area (Å²) >= 11 is 0. The Labute approximate surface area is 100 Å². The first-order chi connectivity index (χ1) is 8.36. The molecule has 0 aromatic carbocycles. The molecule has 0 N–H and O–H groups in total. The normalized spacial score (nSPS) is 25.6. The van der Waals surface area contributed by atoms with E-state index >= 15 is 0 Å². The molecule has 0 radical (unpaired) electrons. The molecule has 5 heteroatoms. The summed E-state index contributed by atoms with van der Waals surface area (Å²) in [6.07, 6.45) is 7.81. The van der Waals surface area contributed by atoms with Crippen LogP contribution >= 0.6 is 0 Å². The van der Waals surface area contributed by atoms with Gasteiger partial charge in [0.15, 0.2) is 5.82 Å². The third-order valence-electron chi connectivity index (χ3n) is 3.64. The number of carbonyl (C=O) groups is 1. The lowest BCUT2D eigenvalue weighted by molar-refractivity contribution is -0.135. The Morgan fingerprint density at radius 2 is 2.18 bits per heavy atom. The maximum absolute atomic E-state index is 12.3. The second kappa shape index (κ2) is 4.47. The van der Waals surface area contributed by atoms with Gasteiger partial charge < -0.3 is 9.42 Å². The second-order valence-electron chi connectivity index (χ2n) is 4.96. The molecular weight excluding hydrogens is 218 g/mol. The van der Waals surface area contributed by atoms with E-state index < -0.39 is 0 Å². The van der Waals surface area contributed by atoms with Gasteiger partial charge >= 0.3 is 0 Å². The monoisotopic (exact) mass is 235 g/mol. The van der Waals surface area contributed by atoms with Gasteiger partial charge in [0.2, 0.25) is 12.3 Å². The van der Waals surface area contributed by atoms with E-state index in [0.717, 1.165) is 38.6 Å². The van der Waals surface area contributed by atoms with Gasteiger partial charge in [-0.25, -0.2) is 0 Å². The molecule has 5 nitrogen and oxygen atoms in total. The second-order valence-corrected chi connectivity index (χ2v) is 4.96. The molecule has 0 bridgehead atoms. The Morgan fingerprint density at radius 3 is 2.88 bits per heavy atom. The number of hydrogen-bond acceptors (Lipinski definition) is 4. The first-order valence-corrected chi connectivity index (χ1v) is 6.43. The van der Waals surface area contributed by atoms with Crippen molar-refractivity contribution in [1.82, 2.24) is 15.0 Å². The Kier molecular flexibility index (Phi) is 2.82. The van der Waals surface area contributed by atoms with E-state index in [1.807, 2.05) is 4.90 Å². The van der Waals surface area contributed by atoms with Gasteiger partial charge in [0, 0.05) is 12.5 Å². The molecule has 3 rings (SSSR count). The highest BCUT2D eigenvalue weighted by molar-refractivity contribution is 5.81. The van der Waals surface area contributed by atoms with Crippen LogP contribution in [0, 0.1) is 5.92 Å². The van der Waals surface area contributed by atoms with Crippen LogP contribution in [0.15, 0.2) is 10.9 Å². The molecule has 1 aliphatic heterocycles. The molecular formula is C12H17N3O2. The molecule has 2 aliphatic rings. The summed E-state index contributed by atoms with van der Waals surface area (Å²) in [5.41, 5.74) is 0. The van der Waals surface area contributed by atoms with Gasteiger partial charge in [0.25, 0.3) is 0 Å². The van der Waals surface area contributed by atoms with Crippen molar-refractivity contribution in [1.29, 1.82) is 0 Å². The predicted octanol–water partition coefficient (Wildman–Crippen LogP) is 1.92. The van der Waals surface area contributed by atoms with Crippen LogP contribution in [0.4, 0.5) is 0 Å². The zero-order valence-electron chi connectivity index (χ0n) is 9.84. The number of carbonyl (C=O) groups excluding carboxylic acids is 1. The van der Waals surface area contributed by atoms with Crippen molar-refractivity contribution in [3.8, 4) is 0 Å². The number of likely N-dealkylation sites (tertiary alicyclic amines) is 1. The largest absolute Gasteiger partial charge is 0.343 e. The van der Waals surface area contributed by atoms with Gasteiger partial charge in [0.05, 0.1) is 6.04 Å². The van der Waals surface area contributed by atoms with E-state index in [-0.39, 0.29) is 12.0 Å². The summed E-state index contributed by atoms with van der Waals surface area (Å²) < 4.78 is 4.81. The van der Waals surface area contributed by atoms with Crippen LogP contribution < -0.4 is 0 Å². The molecule has 1 aliphatic carbocycles. The highest BCUT2D eigenvalue weighted by Crippen LogP contribution is 2.36. The van der Waals surface area contributed by atoms with Gasteiger partial charge in [-0.1, -0.05) is 18.0 Å². The molecule has 1 atom stereocenters. The maximum atomic E-state index is 12.3. The van der Waals surface area contributed by atoms with Crippen LogP contribution in [0.5, 0.6) is 0 Å². The molecule has 1 amide bonds. The van der Waals surface area contributed by atoms with E-state index in [4.69, 9.17) is 4.52 Å². The molecule has 2 fully saturated rings. The van der Waals surface area contributed by atoms with Crippen LogP contribution in [0.25, 0.3) is 0 Å². The molecule has 2 heterocycles. The number of aromatic nitrogens is 2. The molecule has 1 saturated heterocycles. The van der Waals surface area contributed by atoms with Gasteiger partial charge in [-0.05, 0) is 25.7 Å². The van der Waals surface area contributed by atoms with Crippen LogP contribution in [-0.4, -0.2) is 27.5 Å². The van der Waals surface area contributed by atoms with Gasteiger partial charge in [-0.3, -0.25) is 4.79 Å². The Hall–Kier alpha value is -1.39. The lowest BCUT2D eigenvalue weighted by Crippen LogP contribution is -2.36. The predicted molar refractivity (Wildman–Crippen MR) is 59.9 cm³/mol. The Bertz CT molecular complexity index is 386. The minimum absolute atomic E-state index is 0.0318. The Morgan fingerprint density at radius 1 is 1.29 bits per heavy atom. The van der Waals surface area contributed by atoms with Crippen molar-refractivity contribution < 1.29 is 9.32 Å². The number of nitrogens with zero attached hydrogens (tertiary/aromatic N) is 3. The quantitative estimate of drug-likeness (QED) is 0.785. The fourth-order valence-corrected chi connectivity index (χ4v) is 2.53. The average molecular weight is 235 g/mol. The van der Waals surface area contributed by atoms with Gasteiger partial charge in [0.1, 0.15) is 0 Å². The van der Waals surface area contributed by atoms with E-state index in [9.17, 15) is 4.79 Å². The third kappa shape index (κ3) is 2.18. The fraction of sp³-hybridized carbons (Fsp3) is 0.750. The SMILES string of the molecule is O=C(C1CC1)N1CCCCCC1c1ncon1. The summed E-state index contributed by atoms with van der Waals surface area (Å²) in [6.45, 7) is 0.842. The topological polar surface area (TPSA) is 59.2 Å². The molecule has 17 heavy (non-hydrogen) atoms. The third-order valence-corrected chi connectivity index (χ3v) is 3.64. The summed E-state index contributed by atoms with van der Waals surface area (Å²) in [5.74, 6) is 1.23. The van der Waals surface area contributed by atoms with Crippen molar-refractivity contribution in [2.45, 2.75) is 44.6 Å². The highest BCUT2D eigenvalue weighted by Gasteiger charge is 2.38. The minimum Gasteiger partial charge on any atom is -0.343 e. The van der Waals surface area contributed by atoms with Gasteiger partial charge in [-0.2, -0.15) is 4.98 Å². The van der Waals surface area contributed by atoms with E-state index in [1.54, 1.807) is 0 Å². The molecule has 1 saturated carbocycles. The standard InChI is InChI=1S/C12H17N3O2/c16-12(9-5-6-9)15-7-3-1-2-4-10(15)11-13-8-17-14-11/h8-10H,1-7H2. The zero-order chi connectivity index (χ0) is 11.7. The van der Waals surface area contributed by atoms with Crippen LogP contribution in [0.1, 0.15) is 50.4 Å². The number of amides is 1. The summed E-state index contributed by atoms with van der Waals surface area (Å²) in [7, 11) is 0. The van der Waals surface area contributed by atoms with Crippen molar-refractivity contribution in [3.63, 3.8) is 0 Å². The van der Waals surface area contributed by atoms with Crippen LogP contribution in [0.2, 0.25) is 0 Å². The molecule has 1 aromatic rings. The van der Waals surface area contributed by atoms with Crippen molar-refractivity contribution in [2.24, 2.45) is 5.92 Å². The first kappa shape index (κ1) is 10.7. The van der Waals surface area contributed by atoms with Crippen molar-refractivity contribution >= 4 is 5.91 Å². The fourth-order valence-electron chi connectivity index (χ4n) is 2.53. The van der Waals surface area contributed by atoms with Crippen molar-refractivity contribution in [2.75, 3.05) is 6.54 Å². The van der Waals surface area contributed by atoms with Crippen molar-refractivity contribution in [3.05, 3.63) is 12.2 Å². The molecule has 1 aromatic heterocycles. The summed E-state index contributed by atoms with van der Waals surface area (Å²) in [5, 5.41) is 3.91. The lowest BCUT2D eigenvalue weighted by Gasteiger charge is -2.27. The smallest absolute Gasteiger partial charge is 0.226 e. The van der Waals surface area contributed by atoms with E-state index in [1.165, 1.54) is 12.8 Å². The first-order valence-electron chi connectivity index (χ1n) is 6.43. The highest BCUT2D eigenvalue weighted by atomic mass is 16.5. The average Bonchev–Trinajstić information content (AvgIpc) is 3.11. The summed E-state index contributed by atoms with van der Waals surface area (Å²) in [6, 6.07) is 0.0318. The Balaban J connectivity index is 1.82. The number of hydrogen-bond donors (Lipinski definition) is 0. The zero-order valence-corrected chi connectivity index (χ0v) is 9.84. The summed E-state index contributed by atoms with van der Waals surface area (Å²) in [4.78, 5) is 18.4. The molecule has 1 unspecified atom stereocenters. The minimum atomic E-state index is 0.0318. The van der Waals surface area contributed by atoms with Crippen LogP contribution in [0.3, 0.4) is 0 Å². The molecule has 0 spiro atoms. The lowest BCUT2D eigenvalue weighted by atomic mass is 10.1. The number of rotatable bonds is 2. The molecule has 92 valence electrons. The van der Waals surface area contributed by atoms with Crippen LogP contribution in [-0.2, 0) is 4.79 Å². The van der Waals surface area contributed by atoms with Gasteiger partial charge in [-0.15, -0.1) is 0 Å².